The first-order valence-corrected chi connectivity index (χ1v) is 8.02. The van der Waals surface area contributed by atoms with E-state index in [1.165, 1.54) is 19.2 Å². The number of nitrogen functional groups attached to an aromatic ring is 1. The first kappa shape index (κ1) is 15.1. The lowest BCUT2D eigenvalue weighted by Crippen LogP contribution is -2.47. The smallest absolute Gasteiger partial charge is 0.240 e. The van der Waals surface area contributed by atoms with Crippen LogP contribution in [0.25, 0.3) is 0 Å². The fraction of sp³-hybridized carbons (Fsp3) is 0.538. The lowest BCUT2D eigenvalue weighted by Gasteiger charge is -2.35. The van der Waals surface area contributed by atoms with E-state index in [1.807, 2.05) is 6.92 Å². The Balaban J connectivity index is 2.02. The van der Waals surface area contributed by atoms with Crippen LogP contribution in [0.1, 0.15) is 19.8 Å². The second-order valence-corrected chi connectivity index (χ2v) is 6.48. The van der Waals surface area contributed by atoms with Gasteiger partial charge in [-0.05, 0) is 38.0 Å². The summed E-state index contributed by atoms with van der Waals surface area (Å²) in [5.74, 6) is 0.462. The Bertz CT molecular complexity index is 568. The maximum Gasteiger partial charge on any atom is 0.240 e. The molecule has 7 heteroatoms. The molecule has 20 heavy (non-hydrogen) atoms. The summed E-state index contributed by atoms with van der Waals surface area (Å²) < 4.78 is 37.5. The Kier molecular flexibility index (Phi) is 4.52. The van der Waals surface area contributed by atoms with Crippen LogP contribution in [-0.2, 0) is 14.8 Å². The molecule has 1 aromatic carbocycles. The Morgan fingerprint density at radius 1 is 1.40 bits per heavy atom. The van der Waals surface area contributed by atoms with Crippen molar-refractivity contribution in [3.8, 4) is 5.75 Å². The van der Waals surface area contributed by atoms with E-state index in [1.54, 1.807) is 6.07 Å². The molecule has 2 rings (SSSR count). The van der Waals surface area contributed by atoms with Crippen molar-refractivity contribution in [2.45, 2.75) is 36.8 Å². The molecule has 0 aliphatic heterocycles. The van der Waals surface area contributed by atoms with Crippen LogP contribution in [0.4, 0.5) is 5.69 Å². The van der Waals surface area contributed by atoms with E-state index in [9.17, 15) is 8.42 Å². The highest BCUT2D eigenvalue weighted by Gasteiger charge is 2.33. The maximum absolute atomic E-state index is 12.2. The highest BCUT2D eigenvalue weighted by atomic mass is 32.2. The first-order valence-electron chi connectivity index (χ1n) is 6.53. The third-order valence-electron chi connectivity index (χ3n) is 3.33. The zero-order chi connectivity index (χ0) is 14.8. The predicted molar refractivity (Wildman–Crippen MR) is 76.2 cm³/mol. The molecule has 3 N–H and O–H groups in total. The average Bonchev–Trinajstić information content (AvgIpc) is 2.36. The van der Waals surface area contributed by atoms with Crippen molar-refractivity contribution < 1.29 is 17.9 Å². The summed E-state index contributed by atoms with van der Waals surface area (Å²) in [7, 11) is -2.06. The summed E-state index contributed by atoms with van der Waals surface area (Å²) in [5.41, 5.74) is 6.03. The van der Waals surface area contributed by atoms with Crippen molar-refractivity contribution in [2.75, 3.05) is 19.5 Å². The van der Waals surface area contributed by atoms with Gasteiger partial charge in [0.05, 0.1) is 23.8 Å². The highest BCUT2D eigenvalue weighted by Crippen LogP contribution is 2.27. The molecule has 6 nitrogen and oxygen atoms in total. The number of benzene rings is 1. The number of hydrogen-bond acceptors (Lipinski definition) is 5. The monoisotopic (exact) mass is 300 g/mol. The van der Waals surface area contributed by atoms with Gasteiger partial charge in [-0.25, -0.2) is 13.1 Å². The van der Waals surface area contributed by atoms with Crippen LogP contribution in [0.5, 0.6) is 5.75 Å². The molecular formula is C13H20N2O4S. The van der Waals surface area contributed by atoms with Crippen molar-refractivity contribution in [1.29, 1.82) is 0 Å². The third-order valence-corrected chi connectivity index (χ3v) is 4.85. The molecule has 0 bridgehead atoms. The fourth-order valence-corrected chi connectivity index (χ4v) is 3.50. The van der Waals surface area contributed by atoms with Crippen LogP contribution in [-0.4, -0.2) is 34.3 Å². The van der Waals surface area contributed by atoms with Crippen LogP contribution in [0.3, 0.4) is 0 Å². The van der Waals surface area contributed by atoms with E-state index in [-0.39, 0.29) is 17.0 Å². The van der Waals surface area contributed by atoms with Crippen molar-refractivity contribution >= 4 is 15.7 Å². The number of anilines is 1. The van der Waals surface area contributed by atoms with E-state index in [0.29, 0.717) is 30.9 Å². The van der Waals surface area contributed by atoms with E-state index in [4.69, 9.17) is 15.2 Å². The van der Waals surface area contributed by atoms with Gasteiger partial charge in [-0.15, -0.1) is 0 Å². The first-order chi connectivity index (χ1) is 9.46. The second-order valence-electron chi connectivity index (χ2n) is 4.77. The van der Waals surface area contributed by atoms with E-state index in [2.05, 4.69) is 4.72 Å². The van der Waals surface area contributed by atoms with Gasteiger partial charge in [-0.1, -0.05) is 0 Å². The largest absolute Gasteiger partial charge is 0.495 e. The quantitative estimate of drug-likeness (QED) is 0.768. The molecule has 0 amide bonds. The molecule has 1 aliphatic rings. The summed E-state index contributed by atoms with van der Waals surface area (Å²) in [6.45, 7) is 2.58. The summed E-state index contributed by atoms with van der Waals surface area (Å²) in [4.78, 5) is 0.149. The number of nitrogens with one attached hydrogen (secondary N) is 1. The van der Waals surface area contributed by atoms with Crippen LogP contribution in [0.15, 0.2) is 23.1 Å². The van der Waals surface area contributed by atoms with Gasteiger partial charge in [-0.2, -0.15) is 0 Å². The molecule has 112 valence electrons. The molecule has 1 saturated carbocycles. The minimum atomic E-state index is -3.55. The number of sulfonamides is 1. The third kappa shape index (κ3) is 3.23. The van der Waals surface area contributed by atoms with Crippen LogP contribution < -0.4 is 15.2 Å². The predicted octanol–water partition coefficient (Wildman–Crippen LogP) is 1.12. The molecule has 0 unspecified atom stereocenters. The van der Waals surface area contributed by atoms with Crippen LogP contribution in [0.2, 0.25) is 0 Å². The van der Waals surface area contributed by atoms with Gasteiger partial charge in [0, 0.05) is 12.6 Å². The van der Waals surface area contributed by atoms with Gasteiger partial charge in [0.1, 0.15) is 5.75 Å². The molecule has 0 heterocycles. The molecule has 0 saturated heterocycles. The average molecular weight is 300 g/mol. The summed E-state index contributed by atoms with van der Waals surface area (Å²) >= 11 is 0. The van der Waals surface area contributed by atoms with E-state index >= 15 is 0 Å². The minimum Gasteiger partial charge on any atom is -0.495 e. The van der Waals surface area contributed by atoms with Gasteiger partial charge in [0.25, 0.3) is 0 Å². The van der Waals surface area contributed by atoms with Crippen molar-refractivity contribution in [1.82, 2.24) is 4.72 Å². The van der Waals surface area contributed by atoms with Gasteiger partial charge < -0.3 is 15.2 Å². The summed E-state index contributed by atoms with van der Waals surface area (Å²) in [5, 5.41) is 0. The fourth-order valence-electron chi connectivity index (χ4n) is 2.20. The molecule has 1 aromatic rings. The lowest BCUT2D eigenvalue weighted by atomic mass is 9.90. The lowest BCUT2D eigenvalue weighted by molar-refractivity contribution is -0.00475. The van der Waals surface area contributed by atoms with Gasteiger partial charge in [-0.3, -0.25) is 0 Å². The Morgan fingerprint density at radius 2 is 2.10 bits per heavy atom. The molecule has 0 atom stereocenters. The van der Waals surface area contributed by atoms with Gasteiger partial charge in [0.15, 0.2) is 0 Å². The number of nitrogens with two attached hydrogens (primary N) is 1. The second kappa shape index (κ2) is 5.99. The molecule has 0 spiro atoms. The van der Waals surface area contributed by atoms with Gasteiger partial charge >= 0.3 is 0 Å². The van der Waals surface area contributed by atoms with Gasteiger partial charge in [0.2, 0.25) is 10.0 Å². The molecule has 0 radical (unpaired) electrons. The van der Waals surface area contributed by atoms with Crippen molar-refractivity contribution in [3.63, 3.8) is 0 Å². The Morgan fingerprint density at radius 3 is 2.65 bits per heavy atom. The number of rotatable bonds is 6. The summed E-state index contributed by atoms with van der Waals surface area (Å²) in [6, 6.07) is 4.36. The molecule has 1 fully saturated rings. The summed E-state index contributed by atoms with van der Waals surface area (Å²) in [6.07, 6.45) is 1.57. The highest BCUT2D eigenvalue weighted by molar-refractivity contribution is 7.89. The number of ether oxygens (including phenoxy) is 2. The molecular weight excluding hydrogens is 280 g/mol. The van der Waals surface area contributed by atoms with Crippen LogP contribution >= 0.6 is 0 Å². The number of methoxy groups -OCH3 is 1. The SMILES string of the molecule is CCOC1CC(NS(=O)(=O)c2ccc(OC)c(N)c2)C1. The minimum absolute atomic E-state index is 0.0696. The van der Waals surface area contributed by atoms with Crippen LogP contribution in [0, 0.1) is 0 Å². The van der Waals surface area contributed by atoms with E-state index in [0.717, 1.165) is 0 Å². The topological polar surface area (TPSA) is 90.6 Å². The van der Waals surface area contributed by atoms with Crippen molar-refractivity contribution in [2.24, 2.45) is 0 Å². The zero-order valence-corrected chi connectivity index (χ0v) is 12.4. The normalized spacial score (nSPS) is 22.3. The molecule has 0 aromatic heterocycles. The Labute approximate surface area is 119 Å². The molecule has 1 aliphatic carbocycles. The van der Waals surface area contributed by atoms with Crippen molar-refractivity contribution in [3.05, 3.63) is 18.2 Å². The Hall–Kier alpha value is -1.31. The zero-order valence-electron chi connectivity index (χ0n) is 11.6. The standard InChI is InChI=1S/C13H20N2O4S/c1-3-19-10-6-9(7-10)15-20(16,17)11-4-5-13(18-2)12(14)8-11/h4-5,8-10,15H,3,6-7,14H2,1-2H3. The maximum atomic E-state index is 12.2. The number of hydrogen-bond donors (Lipinski definition) is 2. The van der Waals surface area contributed by atoms with E-state index < -0.39 is 10.0 Å².